The van der Waals surface area contributed by atoms with Crippen LogP contribution in [-0.2, 0) is 30.4 Å². The first-order valence-electron chi connectivity index (χ1n) is 12.3. The number of benzene rings is 1. The number of carbonyl (C=O) groups is 5. The van der Waals surface area contributed by atoms with E-state index in [9.17, 15) is 39.3 Å². The van der Waals surface area contributed by atoms with Crippen molar-refractivity contribution in [1.82, 2.24) is 16.0 Å². The maximum atomic E-state index is 13.1. The van der Waals surface area contributed by atoms with Crippen molar-refractivity contribution in [3.63, 3.8) is 0 Å². The second-order valence-corrected chi connectivity index (χ2v) is 9.81. The summed E-state index contributed by atoms with van der Waals surface area (Å²) in [5, 5.41) is 35.5. The van der Waals surface area contributed by atoms with Crippen LogP contribution in [0.25, 0.3) is 0 Å². The third-order valence-electron chi connectivity index (χ3n) is 5.55. The number of amides is 3. The number of aliphatic carboxylic acids is 2. The summed E-state index contributed by atoms with van der Waals surface area (Å²) < 4.78 is 0. The summed E-state index contributed by atoms with van der Waals surface area (Å²) in [5.41, 5.74) is 16.8. The van der Waals surface area contributed by atoms with Gasteiger partial charge in [0.1, 0.15) is 23.9 Å². The maximum Gasteiger partial charge on any atom is 0.326 e. The van der Waals surface area contributed by atoms with Gasteiger partial charge in [0.2, 0.25) is 17.7 Å². The Kier molecular flexibility index (Phi) is 14.9. The molecule has 0 aromatic heterocycles. The lowest BCUT2D eigenvalue weighted by atomic mass is 10.0. The summed E-state index contributed by atoms with van der Waals surface area (Å²) in [4.78, 5) is 65.6. The smallest absolute Gasteiger partial charge is 0.326 e. The second-order valence-electron chi connectivity index (χ2n) is 8.83. The predicted molar refractivity (Wildman–Crippen MR) is 148 cm³/mol. The van der Waals surface area contributed by atoms with Crippen LogP contribution in [0.4, 0.5) is 0 Å². The number of phenols is 1. The number of aromatic hydroxyl groups is 1. The lowest BCUT2D eigenvalue weighted by Gasteiger charge is -2.25. The van der Waals surface area contributed by atoms with E-state index in [1.807, 2.05) is 0 Å². The average molecular weight is 584 g/mol. The van der Waals surface area contributed by atoms with Crippen LogP contribution in [0.5, 0.6) is 5.75 Å². The number of aliphatic imine (C=N–C) groups is 1. The van der Waals surface area contributed by atoms with Gasteiger partial charge in [-0.05, 0) is 49.0 Å². The molecule has 0 fully saturated rings. The molecule has 12 N–H and O–H groups in total. The first-order chi connectivity index (χ1) is 18.8. The monoisotopic (exact) mass is 583 g/mol. The molecule has 0 spiro atoms. The number of carboxylic acid groups (broad SMARTS) is 2. The highest BCUT2D eigenvalue weighted by Gasteiger charge is 2.31. The number of nitrogens with two attached hydrogens (primary N) is 3. The molecule has 222 valence electrons. The van der Waals surface area contributed by atoms with Gasteiger partial charge < -0.3 is 48.5 Å². The van der Waals surface area contributed by atoms with Crippen LogP contribution in [0.15, 0.2) is 29.3 Å². The number of carbonyl (C=O) groups excluding carboxylic acids is 3. The highest BCUT2D eigenvalue weighted by molar-refractivity contribution is 7.98. The van der Waals surface area contributed by atoms with Crippen LogP contribution >= 0.6 is 11.8 Å². The van der Waals surface area contributed by atoms with Crippen molar-refractivity contribution in [3.05, 3.63) is 29.8 Å². The molecule has 40 heavy (non-hydrogen) atoms. The predicted octanol–water partition coefficient (Wildman–Crippen LogP) is -1.92. The SMILES string of the molecule is CSCCC(NC(=O)C(Cc1ccc(O)cc1)NC(=O)C(CC(=O)O)NC(=O)C(N)CCCN=C(N)N)C(=O)O. The van der Waals surface area contributed by atoms with Gasteiger partial charge >= 0.3 is 11.9 Å². The molecular formula is C24H37N7O8S. The number of thioether (sulfide) groups is 1. The fraction of sp³-hybridized carbons (Fsp3) is 0.500. The van der Waals surface area contributed by atoms with E-state index in [-0.39, 0.29) is 37.5 Å². The van der Waals surface area contributed by atoms with E-state index in [0.29, 0.717) is 17.7 Å². The average Bonchev–Trinajstić information content (AvgIpc) is 2.88. The Morgan fingerprint density at radius 1 is 0.900 bits per heavy atom. The van der Waals surface area contributed by atoms with Gasteiger partial charge in [-0.25, -0.2) is 4.79 Å². The topological polar surface area (TPSA) is 273 Å². The molecule has 0 radical (unpaired) electrons. The summed E-state index contributed by atoms with van der Waals surface area (Å²) in [6, 6.07) is 0.488. The van der Waals surface area contributed by atoms with Crippen LogP contribution in [0.2, 0.25) is 0 Å². The molecule has 0 aliphatic carbocycles. The number of guanidine groups is 1. The molecule has 0 heterocycles. The van der Waals surface area contributed by atoms with Crippen LogP contribution in [0.3, 0.4) is 0 Å². The minimum absolute atomic E-state index is 0.0318. The lowest BCUT2D eigenvalue weighted by Crippen LogP contribution is -2.58. The largest absolute Gasteiger partial charge is 0.508 e. The Balaban J connectivity index is 3.08. The number of hydrogen-bond donors (Lipinski definition) is 9. The number of phenolic OH excluding ortho intramolecular Hbond substituents is 1. The van der Waals surface area contributed by atoms with E-state index in [1.165, 1.54) is 36.0 Å². The van der Waals surface area contributed by atoms with Gasteiger partial charge in [-0.3, -0.25) is 24.2 Å². The molecule has 1 aromatic rings. The molecule has 15 nitrogen and oxygen atoms in total. The Labute approximate surface area is 235 Å². The van der Waals surface area contributed by atoms with Gasteiger partial charge in [0, 0.05) is 13.0 Å². The van der Waals surface area contributed by atoms with Crippen LogP contribution in [-0.4, -0.2) is 93.7 Å². The zero-order chi connectivity index (χ0) is 30.2. The van der Waals surface area contributed by atoms with Crippen molar-refractivity contribution >= 4 is 47.4 Å². The van der Waals surface area contributed by atoms with Gasteiger partial charge in [0.15, 0.2) is 5.96 Å². The fourth-order valence-electron chi connectivity index (χ4n) is 3.43. The molecule has 0 aliphatic rings. The number of hydrogen-bond acceptors (Lipinski definition) is 9. The van der Waals surface area contributed by atoms with E-state index < -0.39 is 60.2 Å². The molecule has 4 atom stereocenters. The highest BCUT2D eigenvalue weighted by Crippen LogP contribution is 2.12. The van der Waals surface area contributed by atoms with Gasteiger partial charge in [0.05, 0.1) is 12.5 Å². The van der Waals surface area contributed by atoms with Crippen molar-refractivity contribution in [3.8, 4) is 5.75 Å². The van der Waals surface area contributed by atoms with E-state index in [1.54, 1.807) is 6.26 Å². The summed E-state index contributed by atoms with van der Waals surface area (Å²) in [7, 11) is 0. The number of nitrogens with zero attached hydrogens (tertiary/aromatic N) is 1. The Hall–Kier alpha value is -4.05. The zero-order valence-electron chi connectivity index (χ0n) is 22.0. The second kappa shape index (κ2) is 17.5. The zero-order valence-corrected chi connectivity index (χ0v) is 22.9. The van der Waals surface area contributed by atoms with Crippen molar-refractivity contribution in [1.29, 1.82) is 0 Å². The number of nitrogens with one attached hydrogen (secondary N) is 3. The Bertz CT molecular complexity index is 1050. The normalized spacial score (nSPS) is 13.7. The van der Waals surface area contributed by atoms with Gasteiger partial charge in [-0.1, -0.05) is 12.1 Å². The fourth-order valence-corrected chi connectivity index (χ4v) is 3.90. The maximum absolute atomic E-state index is 13.1. The molecule has 0 saturated carbocycles. The van der Waals surface area contributed by atoms with Crippen molar-refractivity contribution in [2.45, 2.75) is 56.3 Å². The van der Waals surface area contributed by atoms with Gasteiger partial charge in [-0.15, -0.1) is 0 Å². The highest BCUT2D eigenvalue weighted by atomic mass is 32.2. The molecular weight excluding hydrogens is 546 g/mol. The number of rotatable bonds is 18. The van der Waals surface area contributed by atoms with E-state index in [2.05, 4.69) is 20.9 Å². The summed E-state index contributed by atoms with van der Waals surface area (Å²) in [6.07, 6.45) is 1.46. The van der Waals surface area contributed by atoms with E-state index >= 15 is 0 Å². The van der Waals surface area contributed by atoms with Crippen molar-refractivity contribution in [2.75, 3.05) is 18.6 Å². The molecule has 1 rings (SSSR count). The molecule has 1 aromatic carbocycles. The van der Waals surface area contributed by atoms with Gasteiger partial charge in [-0.2, -0.15) is 11.8 Å². The third-order valence-corrected chi connectivity index (χ3v) is 6.19. The minimum Gasteiger partial charge on any atom is -0.508 e. The van der Waals surface area contributed by atoms with E-state index in [4.69, 9.17) is 17.2 Å². The summed E-state index contributed by atoms with van der Waals surface area (Å²) >= 11 is 1.39. The van der Waals surface area contributed by atoms with Crippen LogP contribution in [0.1, 0.15) is 31.2 Å². The molecule has 4 unspecified atom stereocenters. The molecule has 3 amide bonds. The number of carboxylic acids is 2. The minimum atomic E-state index is -1.59. The summed E-state index contributed by atoms with van der Waals surface area (Å²) in [6.45, 7) is 0.213. The van der Waals surface area contributed by atoms with E-state index in [0.717, 1.165) is 0 Å². The first kappa shape index (κ1) is 34.0. The summed E-state index contributed by atoms with van der Waals surface area (Å²) in [5.74, 6) is -4.98. The van der Waals surface area contributed by atoms with Crippen molar-refractivity contribution < 1.29 is 39.3 Å². The first-order valence-corrected chi connectivity index (χ1v) is 13.7. The molecule has 0 bridgehead atoms. The van der Waals surface area contributed by atoms with Crippen molar-refractivity contribution in [2.24, 2.45) is 22.2 Å². The molecule has 0 saturated heterocycles. The van der Waals surface area contributed by atoms with Crippen LogP contribution in [0, 0.1) is 0 Å². The quantitative estimate of drug-likeness (QED) is 0.0520. The van der Waals surface area contributed by atoms with Crippen LogP contribution < -0.4 is 33.2 Å². The molecule has 16 heteroatoms. The Morgan fingerprint density at radius 3 is 2.02 bits per heavy atom. The Morgan fingerprint density at radius 2 is 1.48 bits per heavy atom. The van der Waals surface area contributed by atoms with Gasteiger partial charge in [0.25, 0.3) is 0 Å². The third kappa shape index (κ3) is 13.1. The standard InChI is InChI=1S/C24H37N7O8S/c1-40-10-8-16(23(38)39)29-21(36)17(11-13-4-6-14(32)7-5-13)31-22(37)18(12-19(33)34)30-20(35)15(25)3-2-9-28-24(26)27/h4-7,15-18,32H,2-3,8-12,25H2,1H3,(H,29,36)(H,30,35)(H,31,37)(H,33,34)(H,38,39)(H4,26,27,28). The molecule has 0 aliphatic heterocycles. The lowest BCUT2D eigenvalue weighted by molar-refractivity contribution is -0.143.